The van der Waals surface area contributed by atoms with E-state index < -0.39 is 0 Å². The Bertz CT molecular complexity index is 1160. The van der Waals surface area contributed by atoms with Gasteiger partial charge in [-0.3, -0.25) is 14.5 Å². The Labute approximate surface area is 189 Å². The van der Waals surface area contributed by atoms with Crippen LogP contribution in [0.4, 0.5) is 9.18 Å². The number of benzene rings is 3. The van der Waals surface area contributed by atoms with Gasteiger partial charge >= 0.3 is 0 Å². The highest BCUT2D eigenvalue weighted by molar-refractivity contribution is 8.18. The minimum Gasteiger partial charge on any atom is -0.493 e. The number of halogens is 1. The van der Waals surface area contributed by atoms with Gasteiger partial charge in [-0.05, 0) is 58.8 Å². The zero-order valence-corrected chi connectivity index (χ0v) is 18.1. The van der Waals surface area contributed by atoms with Crippen molar-refractivity contribution in [2.24, 2.45) is 0 Å². The van der Waals surface area contributed by atoms with Gasteiger partial charge in [0.2, 0.25) is 0 Å². The van der Waals surface area contributed by atoms with Crippen LogP contribution in [-0.4, -0.2) is 23.2 Å². The molecule has 5 nitrogen and oxygen atoms in total. The van der Waals surface area contributed by atoms with E-state index in [-0.39, 0.29) is 23.5 Å². The van der Waals surface area contributed by atoms with E-state index in [9.17, 15) is 14.0 Å². The van der Waals surface area contributed by atoms with Gasteiger partial charge in [0.25, 0.3) is 11.1 Å². The molecule has 1 aliphatic rings. The number of carbonyl (C=O) groups excluding carboxylic acids is 2. The highest BCUT2D eigenvalue weighted by atomic mass is 32.2. The van der Waals surface area contributed by atoms with Crippen LogP contribution in [0.1, 0.15) is 16.7 Å². The van der Waals surface area contributed by atoms with Crippen molar-refractivity contribution >= 4 is 29.0 Å². The third-order valence-corrected chi connectivity index (χ3v) is 5.76. The average Bonchev–Trinajstić information content (AvgIpc) is 3.07. The van der Waals surface area contributed by atoms with Crippen LogP contribution in [0.25, 0.3) is 6.08 Å². The predicted molar refractivity (Wildman–Crippen MR) is 122 cm³/mol. The van der Waals surface area contributed by atoms with Crippen molar-refractivity contribution in [1.82, 2.24) is 4.90 Å². The summed E-state index contributed by atoms with van der Waals surface area (Å²) < 4.78 is 24.4. The first-order chi connectivity index (χ1) is 15.5. The van der Waals surface area contributed by atoms with Gasteiger partial charge in [-0.2, -0.15) is 0 Å². The van der Waals surface area contributed by atoms with Crippen molar-refractivity contribution in [2.75, 3.05) is 7.11 Å². The SMILES string of the molecule is COc1ccc(/C=C2\SC(=O)N(Cc3ccc(F)cc3)C2=O)cc1OCc1ccccc1. The molecule has 2 amide bonds. The summed E-state index contributed by atoms with van der Waals surface area (Å²) in [6, 6.07) is 20.8. The molecular formula is C25H20FNO4S. The molecule has 7 heteroatoms. The molecule has 1 aliphatic heterocycles. The molecule has 3 aromatic carbocycles. The number of rotatable bonds is 7. The van der Waals surface area contributed by atoms with Gasteiger partial charge in [-0.25, -0.2) is 4.39 Å². The van der Waals surface area contributed by atoms with Crippen LogP contribution >= 0.6 is 11.8 Å². The summed E-state index contributed by atoms with van der Waals surface area (Å²) in [5, 5.41) is -0.361. The summed E-state index contributed by atoms with van der Waals surface area (Å²) in [5.41, 5.74) is 2.40. The molecule has 1 heterocycles. The monoisotopic (exact) mass is 449 g/mol. The van der Waals surface area contributed by atoms with Gasteiger partial charge in [-0.15, -0.1) is 0 Å². The van der Waals surface area contributed by atoms with Crippen LogP contribution < -0.4 is 9.47 Å². The molecule has 0 aromatic heterocycles. The van der Waals surface area contributed by atoms with Gasteiger partial charge < -0.3 is 9.47 Å². The topological polar surface area (TPSA) is 55.8 Å². The first-order valence-electron chi connectivity index (χ1n) is 9.88. The third kappa shape index (κ3) is 5.00. The number of methoxy groups -OCH3 is 1. The number of hydrogen-bond acceptors (Lipinski definition) is 5. The molecule has 0 radical (unpaired) electrons. The van der Waals surface area contributed by atoms with Crippen molar-refractivity contribution < 1.29 is 23.5 Å². The van der Waals surface area contributed by atoms with E-state index in [0.717, 1.165) is 22.2 Å². The van der Waals surface area contributed by atoms with Gasteiger partial charge in [0, 0.05) is 0 Å². The maximum Gasteiger partial charge on any atom is 0.293 e. The second-order valence-corrected chi connectivity index (χ2v) is 8.07. The number of amides is 2. The van der Waals surface area contributed by atoms with Gasteiger partial charge in [0.15, 0.2) is 11.5 Å². The highest BCUT2D eigenvalue weighted by Crippen LogP contribution is 2.35. The Kier molecular flexibility index (Phi) is 6.56. The van der Waals surface area contributed by atoms with Crippen LogP contribution in [0.2, 0.25) is 0 Å². The lowest BCUT2D eigenvalue weighted by Gasteiger charge is -2.12. The first kappa shape index (κ1) is 21.6. The van der Waals surface area contributed by atoms with E-state index >= 15 is 0 Å². The summed E-state index contributed by atoms with van der Waals surface area (Å²) in [6.07, 6.45) is 1.66. The Morgan fingerprint density at radius 2 is 1.69 bits per heavy atom. The molecule has 32 heavy (non-hydrogen) atoms. The smallest absolute Gasteiger partial charge is 0.293 e. The minimum absolute atomic E-state index is 0.0936. The van der Waals surface area contributed by atoms with Crippen LogP contribution in [0.3, 0.4) is 0 Å². The van der Waals surface area contributed by atoms with Crippen LogP contribution in [-0.2, 0) is 17.9 Å². The van der Waals surface area contributed by atoms with Crippen LogP contribution in [0.15, 0.2) is 77.7 Å². The summed E-state index contributed by atoms with van der Waals surface area (Å²) >= 11 is 0.877. The van der Waals surface area contributed by atoms with Crippen molar-refractivity contribution in [3.8, 4) is 11.5 Å². The number of carbonyl (C=O) groups is 2. The van der Waals surface area contributed by atoms with Crippen molar-refractivity contribution in [3.63, 3.8) is 0 Å². The summed E-state index contributed by atoms with van der Waals surface area (Å²) in [7, 11) is 1.56. The van der Waals surface area contributed by atoms with Crippen molar-refractivity contribution in [1.29, 1.82) is 0 Å². The molecule has 0 atom stereocenters. The molecule has 1 fully saturated rings. The lowest BCUT2D eigenvalue weighted by Crippen LogP contribution is -2.27. The Morgan fingerprint density at radius 3 is 2.41 bits per heavy atom. The molecule has 0 N–H and O–H groups in total. The molecule has 4 rings (SSSR count). The second-order valence-electron chi connectivity index (χ2n) is 7.08. The fourth-order valence-electron chi connectivity index (χ4n) is 3.19. The average molecular weight is 450 g/mol. The molecule has 0 bridgehead atoms. The number of thioether (sulfide) groups is 1. The number of nitrogens with zero attached hydrogens (tertiary/aromatic N) is 1. The van der Waals surface area contributed by atoms with Gasteiger partial charge in [0.05, 0.1) is 18.6 Å². The zero-order valence-electron chi connectivity index (χ0n) is 17.3. The lowest BCUT2D eigenvalue weighted by molar-refractivity contribution is -0.123. The van der Waals surface area contributed by atoms with E-state index in [4.69, 9.17) is 9.47 Å². The van der Waals surface area contributed by atoms with E-state index in [2.05, 4.69) is 0 Å². The predicted octanol–water partition coefficient (Wildman–Crippen LogP) is 5.65. The molecule has 1 saturated heterocycles. The maximum absolute atomic E-state index is 13.1. The first-order valence-corrected chi connectivity index (χ1v) is 10.7. The standard InChI is InChI=1S/C25H20FNO4S/c1-30-21-12-9-19(13-22(21)31-16-18-5-3-2-4-6-18)14-23-24(28)27(25(29)32-23)15-17-7-10-20(26)11-8-17/h2-14H,15-16H2,1H3/b23-14-. The molecule has 3 aromatic rings. The molecule has 0 aliphatic carbocycles. The van der Waals surface area contributed by atoms with Crippen LogP contribution in [0, 0.1) is 5.82 Å². The van der Waals surface area contributed by atoms with Crippen molar-refractivity contribution in [3.05, 3.63) is 100 Å². The van der Waals surface area contributed by atoms with Gasteiger partial charge in [-0.1, -0.05) is 48.5 Å². The molecule has 0 saturated carbocycles. The van der Waals surface area contributed by atoms with E-state index in [1.54, 1.807) is 43.5 Å². The van der Waals surface area contributed by atoms with E-state index in [1.807, 2.05) is 30.3 Å². The number of imide groups is 1. The molecule has 0 spiro atoms. The lowest BCUT2D eigenvalue weighted by atomic mass is 10.1. The molecule has 0 unspecified atom stereocenters. The fraction of sp³-hybridized carbons (Fsp3) is 0.120. The maximum atomic E-state index is 13.1. The molecule has 162 valence electrons. The van der Waals surface area contributed by atoms with Crippen molar-refractivity contribution in [2.45, 2.75) is 13.2 Å². The fourth-order valence-corrected chi connectivity index (χ4v) is 4.03. The summed E-state index contributed by atoms with van der Waals surface area (Å²) in [5.74, 6) is 0.359. The number of hydrogen-bond donors (Lipinski definition) is 0. The minimum atomic E-state index is -0.383. The summed E-state index contributed by atoms with van der Waals surface area (Å²) in [6.45, 7) is 0.463. The highest BCUT2D eigenvalue weighted by Gasteiger charge is 2.35. The normalized spacial score (nSPS) is 14.8. The Balaban J connectivity index is 1.51. The van der Waals surface area contributed by atoms with Gasteiger partial charge in [0.1, 0.15) is 12.4 Å². The second kappa shape index (κ2) is 9.70. The Hall–Kier alpha value is -3.58. The molecular weight excluding hydrogens is 429 g/mol. The third-order valence-electron chi connectivity index (χ3n) is 4.85. The zero-order chi connectivity index (χ0) is 22.5. The Morgan fingerprint density at radius 1 is 0.938 bits per heavy atom. The van der Waals surface area contributed by atoms with Crippen LogP contribution in [0.5, 0.6) is 11.5 Å². The van der Waals surface area contributed by atoms with E-state index in [0.29, 0.717) is 34.1 Å². The largest absolute Gasteiger partial charge is 0.493 e. The quantitative estimate of drug-likeness (QED) is 0.436. The number of ether oxygens (including phenoxy) is 2. The van der Waals surface area contributed by atoms with E-state index in [1.165, 1.54) is 12.1 Å². The summed E-state index contributed by atoms with van der Waals surface area (Å²) in [4.78, 5) is 26.7.